The van der Waals surface area contributed by atoms with Crippen LogP contribution in [-0.2, 0) is 23.1 Å². The first-order valence-corrected chi connectivity index (χ1v) is 9.15. The monoisotopic (exact) mass is 364 g/mol. The number of hydrogen-bond acceptors (Lipinski definition) is 4. The number of rotatable bonds is 5. The van der Waals surface area contributed by atoms with Crippen LogP contribution in [0.4, 0.5) is 0 Å². The van der Waals surface area contributed by atoms with Gasteiger partial charge in [0.05, 0.1) is 5.02 Å². The molecule has 0 unspecified atom stereocenters. The molecule has 0 radical (unpaired) electrons. The molecule has 1 heterocycles. The van der Waals surface area contributed by atoms with Crippen LogP contribution in [0.5, 0.6) is 0 Å². The lowest BCUT2D eigenvalue weighted by molar-refractivity contribution is 0.467. The second kappa shape index (κ2) is 6.64. The summed E-state index contributed by atoms with van der Waals surface area (Å²) in [6.07, 6.45) is 0. The Kier molecular flexibility index (Phi) is 5.29. The average Bonchev–Trinajstić information content (AvgIpc) is 2.93. The minimum absolute atomic E-state index is 0.0187. The van der Waals surface area contributed by atoms with Crippen LogP contribution < -0.4 is 5.73 Å². The van der Waals surface area contributed by atoms with E-state index in [4.69, 9.17) is 28.9 Å². The lowest BCUT2D eigenvalue weighted by Crippen LogP contribution is -2.27. The summed E-state index contributed by atoms with van der Waals surface area (Å²) in [5, 5.41) is 4.22. The van der Waals surface area contributed by atoms with E-state index in [0.717, 1.165) is 5.56 Å². The van der Waals surface area contributed by atoms with E-state index < -0.39 is 10.0 Å². The van der Waals surface area contributed by atoms with E-state index in [1.807, 2.05) is 16.8 Å². The zero-order valence-corrected chi connectivity index (χ0v) is 14.4. The Hall–Kier alpha value is -0.630. The molecule has 0 aliphatic carbocycles. The van der Waals surface area contributed by atoms with E-state index in [1.165, 1.54) is 28.8 Å². The van der Waals surface area contributed by atoms with Gasteiger partial charge in [-0.15, -0.1) is 0 Å². The van der Waals surface area contributed by atoms with Crippen LogP contribution in [0, 0.1) is 0 Å². The molecule has 0 saturated heterocycles. The highest BCUT2D eigenvalue weighted by atomic mass is 35.5. The van der Waals surface area contributed by atoms with E-state index in [0.29, 0.717) is 10.6 Å². The summed E-state index contributed by atoms with van der Waals surface area (Å²) >= 11 is 13.6. The number of hydrogen-bond donors (Lipinski definition) is 1. The van der Waals surface area contributed by atoms with Gasteiger partial charge in [-0.25, -0.2) is 8.42 Å². The van der Waals surface area contributed by atoms with Crippen molar-refractivity contribution in [2.45, 2.75) is 18.0 Å². The lowest BCUT2D eigenvalue weighted by atomic mass is 10.2. The first-order chi connectivity index (χ1) is 9.86. The topological polar surface area (TPSA) is 63.4 Å². The molecule has 2 N–H and O–H groups in total. The van der Waals surface area contributed by atoms with Crippen LogP contribution in [0.15, 0.2) is 33.9 Å². The minimum Gasteiger partial charge on any atom is -0.326 e. The fourth-order valence-electron chi connectivity index (χ4n) is 1.85. The minimum atomic E-state index is -3.73. The predicted molar refractivity (Wildman–Crippen MR) is 87.3 cm³/mol. The fourth-order valence-corrected chi connectivity index (χ4v) is 4.58. The van der Waals surface area contributed by atoms with Crippen molar-refractivity contribution >= 4 is 44.6 Å². The van der Waals surface area contributed by atoms with E-state index in [2.05, 4.69) is 0 Å². The van der Waals surface area contributed by atoms with Crippen molar-refractivity contribution in [3.8, 4) is 0 Å². The first-order valence-electron chi connectivity index (χ1n) is 6.01. The zero-order chi connectivity index (χ0) is 15.6. The molecule has 2 aromatic rings. The summed E-state index contributed by atoms with van der Waals surface area (Å²) in [5.74, 6) is 0. The molecule has 0 bridgehead atoms. The third kappa shape index (κ3) is 3.59. The van der Waals surface area contributed by atoms with Gasteiger partial charge in [0.1, 0.15) is 4.90 Å². The molecule has 4 nitrogen and oxygen atoms in total. The van der Waals surface area contributed by atoms with Gasteiger partial charge in [-0.1, -0.05) is 23.2 Å². The Morgan fingerprint density at radius 1 is 1.33 bits per heavy atom. The van der Waals surface area contributed by atoms with Gasteiger partial charge in [0.15, 0.2) is 0 Å². The maximum absolute atomic E-state index is 12.6. The molecule has 1 aromatic carbocycles. The van der Waals surface area contributed by atoms with Crippen molar-refractivity contribution < 1.29 is 8.42 Å². The predicted octanol–water partition coefficient (Wildman–Crippen LogP) is 3.33. The number of nitrogens with two attached hydrogens (primary N) is 1. The van der Waals surface area contributed by atoms with Crippen molar-refractivity contribution in [2.75, 3.05) is 7.05 Å². The van der Waals surface area contributed by atoms with Crippen molar-refractivity contribution in [3.63, 3.8) is 0 Å². The Bertz CT molecular complexity index is 731. The molecular formula is C13H14Cl2N2O2S2. The SMILES string of the molecule is CN(Cc1ccsc1)S(=O)(=O)c1cc(Cl)cc(CN)c1Cl. The largest absolute Gasteiger partial charge is 0.326 e. The molecule has 1 aromatic heterocycles. The van der Waals surface area contributed by atoms with E-state index >= 15 is 0 Å². The molecule has 8 heteroatoms. The van der Waals surface area contributed by atoms with Crippen LogP contribution >= 0.6 is 34.5 Å². The maximum atomic E-state index is 12.6. The highest BCUT2D eigenvalue weighted by Crippen LogP contribution is 2.31. The summed E-state index contributed by atoms with van der Waals surface area (Å²) in [5.41, 5.74) is 6.99. The number of sulfonamides is 1. The quantitative estimate of drug-likeness (QED) is 0.884. The first kappa shape index (κ1) is 16.7. The van der Waals surface area contributed by atoms with Gasteiger partial charge in [0.25, 0.3) is 0 Å². The number of benzene rings is 1. The highest BCUT2D eigenvalue weighted by molar-refractivity contribution is 7.89. The molecule has 0 fully saturated rings. The van der Waals surface area contributed by atoms with Crippen LogP contribution in [0.3, 0.4) is 0 Å². The van der Waals surface area contributed by atoms with Crippen molar-refractivity contribution in [1.29, 1.82) is 0 Å². The van der Waals surface area contributed by atoms with Gasteiger partial charge in [0.2, 0.25) is 10.0 Å². The van der Waals surface area contributed by atoms with E-state index in [1.54, 1.807) is 6.07 Å². The highest BCUT2D eigenvalue weighted by Gasteiger charge is 2.25. The molecule has 0 saturated carbocycles. The molecule has 21 heavy (non-hydrogen) atoms. The molecular weight excluding hydrogens is 351 g/mol. The van der Waals surface area contributed by atoms with Crippen molar-refractivity contribution in [3.05, 3.63) is 50.1 Å². The summed E-state index contributed by atoms with van der Waals surface area (Å²) in [6.45, 7) is 0.392. The Labute approximate surface area is 138 Å². The smallest absolute Gasteiger partial charge is 0.244 e. The van der Waals surface area contributed by atoms with E-state index in [9.17, 15) is 8.42 Å². The Morgan fingerprint density at radius 3 is 2.62 bits per heavy atom. The molecule has 0 atom stereocenters. The zero-order valence-electron chi connectivity index (χ0n) is 11.2. The van der Waals surface area contributed by atoms with Gasteiger partial charge >= 0.3 is 0 Å². The van der Waals surface area contributed by atoms with Gasteiger partial charge in [-0.2, -0.15) is 15.6 Å². The van der Waals surface area contributed by atoms with Gasteiger partial charge < -0.3 is 5.73 Å². The summed E-state index contributed by atoms with van der Waals surface area (Å²) in [6, 6.07) is 4.80. The van der Waals surface area contributed by atoms with Gasteiger partial charge in [-0.05, 0) is 40.1 Å². The summed E-state index contributed by atoms with van der Waals surface area (Å²) in [7, 11) is -2.23. The third-order valence-corrected chi connectivity index (χ3v) is 6.31. The lowest BCUT2D eigenvalue weighted by Gasteiger charge is -2.18. The number of halogens is 2. The number of nitrogens with zero attached hydrogens (tertiary/aromatic N) is 1. The third-order valence-electron chi connectivity index (χ3n) is 2.97. The van der Waals surface area contributed by atoms with Crippen LogP contribution in [0.2, 0.25) is 10.0 Å². The Balaban J connectivity index is 2.41. The summed E-state index contributed by atoms with van der Waals surface area (Å²) < 4.78 is 26.5. The van der Waals surface area contributed by atoms with Crippen LogP contribution in [0.25, 0.3) is 0 Å². The molecule has 2 rings (SSSR count). The van der Waals surface area contributed by atoms with Crippen LogP contribution in [0.1, 0.15) is 11.1 Å². The second-order valence-electron chi connectivity index (χ2n) is 4.47. The number of thiophene rings is 1. The van der Waals surface area contributed by atoms with Crippen molar-refractivity contribution in [2.24, 2.45) is 5.73 Å². The molecule has 0 spiro atoms. The van der Waals surface area contributed by atoms with E-state index in [-0.39, 0.29) is 23.0 Å². The molecule has 0 aliphatic heterocycles. The Morgan fingerprint density at radius 2 is 2.05 bits per heavy atom. The molecule has 0 aliphatic rings. The average molecular weight is 365 g/mol. The maximum Gasteiger partial charge on any atom is 0.244 e. The van der Waals surface area contributed by atoms with Crippen LogP contribution in [-0.4, -0.2) is 19.8 Å². The molecule has 114 valence electrons. The van der Waals surface area contributed by atoms with Crippen molar-refractivity contribution in [1.82, 2.24) is 4.31 Å². The second-order valence-corrected chi connectivity index (χ2v) is 8.08. The summed E-state index contributed by atoms with van der Waals surface area (Å²) in [4.78, 5) is -0.0187. The van der Waals surface area contributed by atoms with Gasteiger partial charge in [-0.3, -0.25) is 0 Å². The fraction of sp³-hybridized carbons (Fsp3) is 0.231. The van der Waals surface area contributed by atoms with Gasteiger partial charge in [0, 0.05) is 25.2 Å². The standard InChI is InChI=1S/C13H14Cl2N2O2S2/c1-17(7-9-2-3-20-8-9)21(18,19)12-5-11(14)4-10(6-16)13(12)15/h2-5,8H,6-7,16H2,1H3. The molecule has 0 amide bonds. The normalized spacial score (nSPS) is 12.0.